The Morgan fingerprint density at radius 2 is 2.09 bits per heavy atom. The van der Waals surface area contributed by atoms with Crippen molar-refractivity contribution in [2.45, 2.75) is 39.3 Å². The molecule has 0 saturated carbocycles. The van der Waals surface area contributed by atoms with Crippen molar-refractivity contribution in [2.24, 2.45) is 5.92 Å². The fourth-order valence-corrected chi connectivity index (χ4v) is 2.81. The first-order valence-electron chi connectivity index (χ1n) is 7.09. The molecule has 3 amide bonds. The van der Waals surface area contributed by atoms with Crippen LogP contribution in [0, 0.1) is 23.1 Å². The van der Waals surface area contributed by atoms with Crippen LogP contribution in [0.25, 0.3) is 0 Å². The van der Waals surface area contributed by atoms with Crippen LogP contribution in [0.15, 0.2) is 18.2 Å². The van der Waals surface area contributed by atoms with Crippen molar-refractivity contribution in [3.8, 4) is 6.07 Å². The van der Waals surface area contributed by atoms with Gasteiger partial charge in [-0.1, -0.05) is 19.9 Å². The molecule has 0 bridgehead atoms. The van der Waals surface area contributed by atoms with E-state index in [0.29, 0.717) is 12.0 Å². The number of hydrogen-bond acceptors (Lipinski definition) is 3. The zero-order chi connectivity index (χ0) is 16.5. The molecule has 22 heavy (non-hydrogen) atoms. The van der Waals surface area contributed by atoms with Gasteiger partial charge >= 0.3 is 6.03 Å². The van der Waals surface area contributed by atoms with E-state index in [1.54, 1.807) is 6.92 Å². The maximum Gasteiger partial charge on any atom is 0.325 e. The van der Waals surface area contributed by atoms with Gasteiger partial charge in [0.25, 0.3) is 5.91 Å². The predicted octanol–water partition coefficient (Wildman–Crippen LogP) is 2.55. The molecule has 0 radical (unpaired) electrons. The molecular formula is C16H18FN3O2. The van der Waals surface area contributed by atoms with Crippen LogP contribution in [0.1, 0.15) is 38.3 Å². The van der Waals surface area contributed by atoms with Crippen LogP contribution in [-0.4, -0.2) is 22.4 Å². The molecule has 0 aromatic heterocycles. The van der Waals surface area contributed by atoms with E-state index in [4.69, 9.17) is 5.26 Å². The molecule has 1 saturated heterocycles. The third-order valence-corrected chi connectivity index (χ3v) is 3.68. The minimum absolute atomic E-state index is 0.0402. The van der Waals surface area contributed by atoms with Crippen molar-refractivity contribution < 1.29 is 14.0 Å². The number of amides is 3. The topological polar surface area (TPSA) is 73.2 Å². The Bertz CT molecular complexity index is 666. The molecular weight excluding hydrogens is 285 g/mol. The second-order valence-electron chi connectivity index (χ2n) is 6.16. The standard InChI is InChI=1S/C16H18FN3O2/c1-10(2)7-16(3)14(21)20(15(22)19-16)9-11-4-5-13(17)6-12(11)8-18/h4-6,10H,7,9H2,1-3H3,(H,19,22). The molecule has 1 aromatic rings. The van der Waals surface area contributed by atoms with Crippen molar-refractivity contribution in [2.75, 3.05) is 0 Å². The molecule has 1 aromatic carbocycles. The average molecular weight is 303 g/mol. The average Bonchev–Trinajstić information content (AvgIpc) is 2.62. The van der Waals surface area contributed by atoms with E-state index in [1.807, 2.05) is 19.9 Å². The third kappa shape index (κ3) is 2.93. The van der Waals surface area contributed by atoms with Crippen LogP contribution in [0.5, 0.6) is 0 Å². The van der Waals surface area contributed by atoms with Crippen molar-refractivity contribution in [3.63, 3.8) is 0 Å². The quantitative estimate of drug-likeness (QED) is 0.869. The zero-order valence-corrected chi connectivity index (χ0v) is 12.8. The number of rotatable bonds is 4. The van der Waals surface area contributed by atoms with Gasteiger partial charge in [-0.15, -0.1) is 0 Å². The highest BCUT2D eigenvalue weighted by Crippen LogP contribution is 2.26. The van der Waals surface area contributed by atoms with Gasteiger partial charge in [-0.05, 0) is 37.0 Å². The SMILES string of the molecule is CC(C)CC1(C)NC(=O)N(Cc2ccc(F)cc2C#N)C1=O. The van der Waals surface area contributed by atoms with Gasteiger partial charge < -0.3 is 5.32 Å². The largest absolute Gasteiger partial charge is 0.325 e. The Kier molecular flexibility index (Phi) is 4.18. The number of urea groups is 1. The van der Waals surface area contributed by atoms with Gasteiger partial charge in [0.1, 0.15) is 11.4 Å². The fourth-order valence-electron chi connectivity index (χ4n) is 2.81. The molecule has 1 unspecified atom stereocenters. The molecule has 5 nitrogen and oxygen atoms in total. The lowest BCUT2D eigenvalue weighted by Crippen LogP contribution is -2.44. The van der Waals surface area contributed by atoms with Gasteiger partial charge in [0.2, 0.25) is 0 Å². The summed E-state index contributed by atoms with van der Waals surface area (Å²) in [5.41, 5.74) is -0.364. The number of hydrogen-bond donors (Lipinski definition) is 1. The predicted molar refractivity (Wildman–Crippen MR) is 78.1 cm³/mol. The Morgan fingerprint density at radius 1 is 1.41 bits per heavy atom. The summed E-state index contributed by atoms with van der Waals surface area (Å²) < 4.78 is 13.2. The van der Waals surface area contributed by atoms with Gasteiger partial charge in [-0.25, -0.2) is 9.18 Å². The number of carbonyl (C=O) groups is 2. The maximum atomic E-state index is 13.2. The number of benzene rings is 1. The van der Waals surface area contributed by atoms with Gasteiger partial charge in [-0.3, -0.25) is 9.69 Å². The minimum atomic E-state index is -0.932. The molecule has 1 aliphatic rings. The molecule has 1 N–H and O–H groups in total. The summed E-state index contributed by atoms with van der Waals surface area (Å²) in [5, 5.41) is 11.8. The fraction of sp³-hybridized carbons (Fsp3) is 0.438. The van der Waals surface area contributed by atoms with Crippen LogP contribution >= 0.6 is 0 Å². The van der Waals surface area contributed by atoms with Crippen LogP contribution in [0.2, 0.25) is 0 Å². The summed E-state index contributed by atoms with van der Waals surface area (Å²) in [6.07, 6.45) is 0.530. The highest BCUT2D eigenvalue weighted by atomic mass is 19.1. The Balaban J connectivity index is 2.26. The summed E-state index contributed by atoms with van der Waals surface area (Å²) >= 11 is 0. The second-order valence-corrected chi connectivity index (χ2v) is 6.16. The van der Waals surface area contributed by atoms with Gasteiger partial charge in [0.05, 0.1) is 18.2 Å². The van der Waals surface area contributed by atoms with Crippen LogP contribution in [0.4, 0.5) is 9.18 Å². The summed E-state index contributed by atoms with van der Waals surface area (Å²) in [5.74, 6) is -0.601. The molecule has 2 rings (SSSR count). The molecule has 1 heterocycles. The lowest BCUT2D eigenvalue weighted by atomic mass is 9.91. The monoisotopic (exact) mass is 303 g/mol. The number of nitrogens with one attached hydrogen (secondary N) is 1. The van der Waals surface area contributed by atoms with Crippen molar-refractivity contribution >= 4 is 11.9 Å². The first kappa shape index (κ1) is 16.0. The third-order valence-electron chi connectivity index (χ3n) is 3.68. The number of imide groups is 1. The van der Waals surface area contributed by atoms with Gasteiger partial charge in [-0.2, -0.15) is 5.26 Å². The lowest BCUT2D eigenvalue weighted by Gasteiger charge is -2.23. The Morgan fingerprint density at radius 3 is 2.68 bits per heavy atom. The number of carbonyl (C=O) groups excluding carboxylic acids is 2. The molecule has 1 fully saturated rings. The Hall–Kier alpha value is -2.42. The van der Waals surface area contributed by atoms with E-state index in [1.165, 1.54) is 12.1 Å². The van der Waals surface area contributed by atoms with E-state index in [-0.39, 0.29) is 23.9 Å². The summed E-state index contributed by atoms with van der Waals surface area (Å²) in [6.45, 7) is 5.60. The van der Waals surface area contributed by atoms with Gasteiger partial charge in [0.15, 0.2) is 0 Å². The normalized spacial score (nSPS) is 21.2. The Labute approximate surface area is 128 Å². The molecule has 0 spiro atoms. The van der Waals surface area contributed by atoms with Crippen molar-refractivity contribution in [3.05, 3.63) is 35.1 Å². The molecule has 0 aliphatic carbocycles. The number of nitrogens with zero attached hydrogens (tertiary/aromatic N) is 2. The summed E-state index contributed by atoms with van der Waals surface area (Å²) in [6, 6.07) is 5.13. The minimum Gasteiger partial charge on any atom is -0.323 e. The highest BCUT2D eigenvalue weighted by Gasteiger charge is 2.47. The number of nitriles is 1. The second kappa shape index (κ2) is 5.76. The van der Waals surface area contributed by atoms with Crippen LogP contribution in [0.3, 0.4) is 0 Å². The first-order valence-corrected chi connectivity index (χ1v) is 7.09. The lowest BCUT2D eigenvalue weighted by molar-refractivity contribution is -0.131. The highest BCUT2D eigenvalue weighted by molar-refractivity contribution is 6.06. The summed E-state index contributed by atoms with van der Waals surface area (Å²) in [4.78, 5) is 25.7. The van der Waals surface area contributed by atoms with Crippen molar-refractivity contribution in [1.82, 2.24) is 10.2 Å². The molecule has 116 valence electrons. The smallest absolute Gasteiger partial charge is 0.323 e. The van der Waals surface area contributed by atoms with E-state index in [9.17, 15) is 14.0 Å². The van der Waals surface area contributed by atoms with E-state index in [0.717, 1.165) is 11.0 Å². The van der Waals surface area contributed by atoms with Crippen LogP contribution in [-0.2, 0) is 11.3 Å². The van der Waals surface area contributed by atoms with E-state index in [2.05, 4.69) is 5.32 Å². The maximum absolute atomic E-state index is 13.2. The van der Waals surface area contributed by atoms with E-state index >= 15 is 0 Å². The van der Waals surface area contributed by atoms with E-state index < -0.39 is 17.4 Å². The number of halogens is 1. The molecule has 6 heteroatoms. The zero-order valence-electron chi connectivity index (χ0n) is 12.8. The van der Waals surface area contributed by atoms with Crippen LogP contribution < -0.4 is 5.32 Å². The van der Waals surface area contributed by atoms with Gasteiger partial charge in [0, 0.05) is 0 Å². The molecule has 1 aliphatic heterocycles. The first-order chi connectivity index (χ1) is 10.3. The van der Waals surface area contributed by atoms with Crippen molar-refractivity contribution in [1.29, 1.82) is 5.26 Å². The molecule has 1 atom stereocenters. The summed E-state index contributed by atoms with van der Waals surface area (Å²) in [7, 11) is 0.